The van der Waals surface area contributed by atoms with Crippen LogP contribution in [-0.4, -0.2) is 35.1 Å². The Morgan fingerprint density at radius 1 is 1.07 bits per heavy atom. The molecule has 3 nitrogen and oxygen atoms in total. The summed E-state index contributed by atoms with van der Waals surface area (Å²) < 4.78 is 0. The standard InChI is InChI=1S/C11H20N2O/c1-6-13-9(3)8(2)12(5)10(4)11(13)7-14/h14H,6-7H2,1-5H3. The van der Waals surface area contributed by atoms with Gasteiger partial charge in [0, 0.05) is 30.7 Å². The van der Waals surface area contributed by atoms with Crippen molar-refractivity contribution in [1.29, 1.82) is 0 Å². The molecule has 1 rings (SSSR count). The molecule has 0 aromatic carbocycles. The summed E-state index contributed by atoms with van der Waals surface area (Å²) in [5.41, 5.74) is 4.63. The topological polar surface area (TPSA) is 26.7 Å². The van der Waals surface area contributed by atoms with E-state index in [1.54, 1.807) is 0 Å². The SMILES string of the molecule is CCN1C(C)=C(C)N(C)C(C)=C1CO. The molecular formula is C11H20N2O. The Kier molecular flexibility index (Phi) is 3.21. The van der Waals surface area contributed by atoms with Crippen LogP contribution in [0.5, 0.6) is 0 Å². The molecule has 0 atom stereocenters. The van der Waals surface area contributed by atoms with Gasteiger partial charge in [0.2, 0.25) is 0 Å². The fraction of sp³-hybridized carbons (Fsp3) is 0.636. The number of aliphatic hydroxyl groups excluding tert-OH is 1. The van der Waals surface area contributed by atoms with Gasteiger partial charge in [-0.25, -0.2) is 0 Å². The lowest BCUT2D eigenvalue weighted by Crippen LogP contribution is -2.34. The second kappa shape index (κ2) is 4.05. The molecule has 3 heteroatoms. The summed E-state index contributed by atoms with van der Waals surface area (Å²) in [5, 5.41) is 9.34. The second-order valence-corrected chi connectivity index (χ2v) is 3.66. The molecule has 1 N–H and O–H groups in total. The van der Waals surface area contributed by atoms with Crippen LogP contribution in [0.2, 0.25) is 0 Å². The molecule has 0 radical (unpaired) electrons. The highest BCUT2D eigenvalue weighted by Crippen LogP contribution is 2.28. The van der Waals surface area contributed by atoms with Crippen LogP contribution >= 0.6 is 0 Å². The third kappa shape index (κ3) is 1.52. The van der Waals surface area contributed by atoms with Gasteiger partial charge in [-0.3, -0.25) is 0 Å². The molecule has 0 aromatic rings. The molecule has 0 spiro atoms. The van der Waals surface area contributed by atoms with E-state index >= 15 is 0 Å². The molecule has 14 heavy (non-hydrogen) atoms. The highest BCUT2D eigenvalue weighted by molar-refractivity contribution is 5.28. The average molecular weight is 196 g/mol. The molecule has 0 aromatic heterocycles. The van der Waals surface area contributed by atoms with Gasteiger partial charge >= 0.3 is 0 Å². The fourth-order valence-corrected chi connectivity index (χ4v) is 1.91. The molecule has 1 aliphatic rings. The Hall–Kier alpha value is -0.960. The van der Waals surface area contributed by atoms with Gasteiger partial charge in [-0.05, 0) is 27.7 Å². The predicted octanol–water partition coefficient (Wildman–Crippen LogP) is 1.73. The number of likely N-dealkylation sites (N-methyl/N-ethyl adjacent to an activating group) is 1. The smallest absolute Gasteiger partial charge is 0.0850 e. The van der Waals surface area contributed by atoms with Gasteiger partial charge in [0.25, 0.3) is 0 Å². The molecule has 1 aliphatic heterocycles. The lowest BCUT2D eigenvalue weighted by molar-refractivity contribution is 0.255. The molecule has 0 saturated carbocycles. The van der Waals surface area contributed by atoms with Gasteiger partial charge in [0.15, 0.2) is 0 Å². The van der Waals surface area contributed by atoms with Crippen LogP contribution in [0.3, 0.4) is 0 Å². The summed E-state index contributed by atoms with van der Waals surface area (Å²) in [7, 11) is 2.04. The summed E-state index contributed by atoms with van der Waals surface area (Å²) in [5.74, 6) is 0. The van der Waals surface area contributed by atoms with E-state index < -0.39 is 0 Å². The Morgan fingerprint density at radius 2 is 1.64 bits per heavy atom. The maximum Gasteiger partial charge on any atom is 0.0850 e. The summed E-state index contributed by atoms with van der Waals surface area (Å²) in [6.45, 7) is 9.36. The highest BCUT2D eigenvalue weighted by atomic mass is 16.3. The summed E-state index contributed by atoms with van der Waals surface area (Å²) in [4.78, 5) is 4.30. The molecule has 1 heterocycles. The first-order valence-electron chi connectivity index (χ1n) is 5.03. The van der Waals surface area contributed by atoms with Gasteiger partial charge in [-0.15, -0.1) is 0 Å². The van der Waals surface area contributed by atoms with E-state index in [1.165, 1.54) is 11.4 Å². The Labute approximate surface area is 86.3 Å². The van der Waals surface area contributed by atoms with Crippen molar-refractivity contribution in [2.75, 3.05) is 20.2 Å². The minimum atomic E-state index is 0.106. The van der Waals surface area contributed by atoms with Crippen molar-refractivity contribution in [3.8, 4) is 0 Å². The number of hydrogen-bond donors (Lipinski definition) is 1. The van der Waals surface area contributed by atoms with E-state index in [-0.39, 0.29) is 6.61 Å². The quantitative estimate of drug-likeness (QED) is 0.728. The number of rotatable bonds is 2. The van der Waals surface area contributed by atoms with Gasteiger partial charge in [0.1, 0.15) is 0 Å². The Balaban J connectivity index is 3.16. The number of aliphatic hydroxyl groups is 1. The third-order valence-electron chi connectivity index (χ3n) is 3.14. The highest BCUT2D eigenvalue weighted by Gasteiger charge is 2.22. The Morgan fingerprint density at radius 3 is 2.07 bits per heavy atom. The molecule has 0 bridgehead atoms. The van der Waals surface area contributed by atoms with E-state index in [1.807, 2.05) is 14.0 Å². The summed E-state index contributed by atoms with van der Waals surface area (Å²) in [6.07, 6.45) is 0. The maximum atomic E-state index is 9.34. The first-order valence-corrected chi connectivity index (χ1v) is 5.03. The van der Waals surface area contributed by atoms with Crippen LogP contribution in [0, 0.1) is 0 Å². The van der Waals surface area contributed by atoms with E-state index in [0.29, 0.717) is 0 Å². The van der Waals surface area contributed by atoms with Crippen molar-refractivity contribution in [3.05, 3.63) is 22.8 Å². The first kappa shape index (κ1) is 11.1. The zero-order valence-electron chi connectivity index (χ0n) is 9.76. The third-order valence-corrected chi connectivity index (χ3v) is 3.14. The zero-order chi connectivity index (χ0) is 10.9. The average Bonchev–Trinajstić information content (AvgIpc) is 2.20. The monoisotopic (exact) mass is 196 g/mol. The second-order valence-electron chi connectivity index (χ2n) is 3.66. The van der Waals surface area contributed by atoms with Crippen LogP contribution in [0.25, 0.3) is 0 Å². The van der Waals surface area contributed by atoms with Crippen LogP contribution in [0.1, 0.15) is 27.7 Å². The van der Waals surface area contributed by atoms with E-state index in [9.17, 15) is 5.11 Å². The van der Waals surface area contributed by atoms with E-state index in [4.69, 9.17) is 0 Å². The molecule has 0 unspecified atom stereocenters. The zero-order valence-corrected chi connectivity index (χ0v) is 9.76. The first-order chi connectivity index (χ1) is 6.54. The summed E-state index contributed by atoms with van der Waals surface area (Å²) >= 11 is 0. The van der Waals surface area contributed by atoms with E-state index in [2.05, 4.69) is 30.6 Å². The molecule has 0 amide bonds. The Bertz CT molecular complexity index is 292. The van der Waals surface area contributed by atoms with Crippen LogP contribution < -0.4 is 0 Å². The predicted molar refractivity (Wildman–Crippen MR) is 58.3 cm³/mol. The van der Waals surface area contributed by atoms with Crippen molar-refractivity contribution in [2.24, 2.45) is 0 Å². The number of nitrogens with zero attached hydrogens (tertiary/aromatic N) is 2. The minimum Gasteiger partial charge on any atom is -0.390 e. The van der Waals surface area contributed by atoms with Crippen LogP contribution in [0.4, 0.5) is 0 Å². The van der Waals surface area contributed by atoms with Crippen molar-refractivity contribution in [2.45, 2.75) is 27.7 Å². The molecular weight excluding hydrogens is 176 g/mol. The fourth-order valence-electron chi connectivity index (χ4n) is 1.91. The maximum absolute atomic E-state index is 9.34. The number of hydrogen-bond acceptors (Lipinski definition) is 3. The molecule has 0 saturated heterocycles. The lowest BCUT2D eigenvalue weighted by atomic mass is 10.1. The van der Waals surface area contributed by atoms with Crippen molar-refractivity contribution >= 4 is 0 Å². The summed E-state index contributed by atoms with van der Waals surface area (Å²) in [6, 6.07) is 0. The molecule has 80 valence electrons. The van der Waals surface area contributed by atoms with E-state index in [0.717, 1.165) is 17.9 Å². The van der Waals surface area contributed by atoms with Crippen molar-refractivity contribution in [3.63, 3.8) is 0 Å². The number of allylic oxidation sites excluding steroid dienone is 3. The molecule has 0 aliphatic carbocycles. The van der Waals surface area contributed by atoms with Gasteiger partial charge in [-0.2, -0.15) is 0 Å². The largest absolute Gasteiger partial charge is 0.390 e. The van der Waals surface area contributed by atoms with Crippen molar-refractivity contribution in [1.82, 2.24) is 9.80 Å². The lowest BCUT2D eigenvalue weighted by Gasteiger charge is -2.38. The van der Waals surface area contributed by atoms with Gasteiger partial charge in [-0.1, -0.05) is 0 Å². The van der Waals surface area contributed by atoms with Crippen molar-refractivity contribution < 1.29 is 5.11 Å². The van der Waals surface area contributed by atoms with Crippen LogP contribution in [-0.2, 0) is 0 Å². The van der Waals surface area contributed by atoms with Gasteiger partial charge < -0.3 is 14.9 Å². The normalized spacial score (nSPS) is 18.4. The molecule has 0 fully saturated rings. The minimum absolute atomic E-state index is 0.106. The van der Waals surface area contributed by atoms with Gasteiger partial charge in [0.05, 0.1) is 12.3 Å². The van der Waals surface area contributed by atoms with Crippen LogP contribution in [0.15, 0.2) is 22.8 Å².